The third-order valence-electron chi connectivity index (χ3n) is 3.29. The molecule has 7 heteroatoms. The Morgan fingerprint density at radius 1 is 1.24 bits per heavy atom. The van der Waals surface area contributed by atoms with Crippen LogP contribution in [0.15, 0.2) is 30.7 Å². The molecule has 7 nitrogen and oxygen atoms in total. The Morgan fingerprint density at radius 3 is 2.95 bits per heavy atom. The molecule has 21 heavy (non-hydrogen) atoms. The van der Waals surface area contributed by atoms with Crippen LogP contribution in [0.4, 0.5) is 11.8 Å². The third-order valence-corrected chi connectivity index (χ3v) is 3.29. The highest BCUT2D eigenvalue weighted by atomic mass is 16.5. The van der Waals surface area contributed by atoms with Crippen LogP contribution in [-0.2, 0) is 11.3 Å². The fourth-order valence-electron chi connectivity index (χ4n) is 2.17. The molecule has 1 saturated heterocycles. The highest BCUT2D eigenvalue weighted by molar-refractivity contribution is 5.37. The summed E-state index contributed by atoms with van der Waals surface area (Å²) >= 11 is 0. The van der Waals surface area contributed by atoms with Crippen LogP contribution in [0.3, 0.4) is 0 Å². The lowest BCUT2D eigenvalue weighted by Crippen LogP contribution is -2.19. The van der Waals surface area contributed by atoms with Gasteiger partial charge in [0.2, 0.25) is 5.95 Å². The maximum absolute atomic E-state index is 5.56. The minimum atomic E-state index is 0.271. The smallest absolute Gasteiger partial charge is 0.244 e. The van der Waals surface area contributed by atoms with Crippen LogP contribution in [0.2, 0.25) is 0 Å². The average Bonchev–Trinajstić information content (AvgIpc) is 3.06. The average molecular weight is 286 g/mol. The molecule has 1 aliphatic heterocycles. The molecule has 2 N–H and O–H groups in total. The number of aromatic nitrogens is 4. The SMILES string of the molecule is c1cc(CNc2nncc(NCC3CCCO3)n2)ccn1. The van der Waals surface area contributed by atoms with Crippen molar-refractivity contribution in [2.75, 3.05) is 23.8 Å². The van der Waals surface area contributed by atoms with Gasteiger partial charge in [-0.25, -0.2) is 0 Å². The van der Waals surface area contributed by atoms with Crippen molar-refractivity contribution in [3.8, 4) is 0 Å². The predicted molar refractivity (Wildman–Crippen MR) is 78.9 cm³/mol. The van der Waals surface area contributed by atoms with E-state index in [1.165, 1.54) is 0 Å². The van der Waals surface area contributed by atoms with Gasteiger partial charge in [-0.15, -0.1) is 5.10 Å². The van der Waals surface area contributed by atoms with Gasteiger partial charge in [0.15, 0.2) is 5.82 Å². The molecule has 2 aromatic rings. The first-order valence-corrected chi connectivity index (χ1v) is 7.08. The topological polar surface area (TPSA) is 84.9 Å². The zero-order valence-corrected chi connectivity index (χ0v) is 11.7. The van der Waals surface area contributed by atoms with E-state index in [-0.39, 0.29) is 6.10 Å². The van der Waals surface area contributed by atoms with Crippen LogP contribution in [0.1, 0.15) is 18.4 Å². The molecule has 0 saturated carbocycles. The van der Waals surface area contributed by atoms with Crippen molar-refractivity contribution in [2.45, 2.75) is 25.5 Å². The van der Waals surface area contributed by atoms with Crippen LogP contribution in [0, 0.1) is 0 Å². The van der Waals surface area contributed by atoms with Crippen LogP contribution >= 0.6 is 0 Å². The Bertz CT molecular complexity index is 558. The molecule has 1 aliphatic rings. The number of anilines is 2. The van der Waals surface area contributed by atoms with Gasteiger partial charge in [-0.3, -0.25) is 4.98 Å². The summed E-state index contributed by atoms with van der Waals surface area (Å²) in [6, 6.07) is 3.89. The largest absolute Gasteiger partial charge is 0.376 e. The van der Waals surface area contributed by atoms with Gasteiger partial charge in [-0.2, -0.15) is 10.1 Å². The molecule has 0 bridgehead atoms. The number of nitrogens with one attached hydrogen (secondary N) is 2. The summed E-state index contributed by atoms with van der Waals surface area (Å²) in [5.74, 6) is 1.21. The summed E-state index contributed by atoms with van der Waals surface area (Å²) in [4.78, 5) is 8.37. The molecule has 0 amide bonds. The lowest BCUT2D eigenvalue weighted by atomic mass is 10.2. The first kappa shape index (κ1) is 13.7. The van der Waals surface area contributed by atoms with Crippen molar-refractivity contribution in [3.63, 3.8) is 0 Å². The maximum atomic E-state index is 5.56. The highest BCUT2D eigenvalue weighted by Crippen LogP contribution is 2.13. The molecule has 2 aromatic heterocycles. The van der Waals surface area contributed by atoms with Crippen molar-refractivity contribution >= 4 is 11.8 Å². The maximum Gasteiger partial charge on any atom is 0.244 e. The molecular weight excluding hydrogens is 268 g/mol. The summed E-state index contributed by atoms with van der Waals surface area (Å²) in [6.07, 6.45) is 7.64. The molecule has 0 spiro atoms. The van der Waals surface area contributed by atoms with E-state index in [4.69, 9.17) is 4.74 Å². The Kier molecular flexibility index (Phi) is 4.52. The van der Waals surface area contributed by atoms with Crippen molar-refractivity contribution in [1.29, 1.82) is 0 Å². The zero-order valence-electron chi connectivity index (χ0n) is 11.7. The fraction of sp³-hybridized carbons (Fsp3) is 0.429. The lowest BCUT2D eigenvalue weighted by Gasteiger charge is -2.11. The molecule has 1 fully saturated rings. The van der Waals surface area contributed by atoms with Gasteiger partial charge < -0.3 is 15.4 Å². The minimum absolute atomic E-state index is 0.271. The Balaban J connectivity index is 1.52. The van der Waals surface area contributed by atoms with E-state index >= 15 is 0 Å². The van der Waals surface area contributed by atoms with E-state index in [1.807, 2.05) is 12.1 Å². The molecule has 110 valence electrons. The van der Waals surface area contributed by atoms with Crippen LogP contribution in [0.25, 0.3) is 0 Å². The number of pyridine rings is 1. The number of nitrogens with zero attached hydrogens (tertiary/aromatic N) is 4. The van der Waals surface area contributed by atoms with Crippen LogP contribution in [0.5, 0.6) is 0 Å². The van der Waals surface area contributed by atoms with Crippen molar-refractivity contribution in [3.05, 3.63) is 36.3 Å². The highest BCUT2D eigenvalue weighted by Gasteiger charge is 2.15. The quantitative estimate of drug-likeness (QED) is 0.831. The van der Waals surface area contributed by atoms with E-state index in [0.29, 0.717) is 18.3 Å². The molecule has 1 unspecified atom stereocenters. The molecule has 0 radical (unpaired) electrons. The minimum Gasteiger partial charge on any atom is -0.376 e. The first-order chi connectivity index (χ1) is 10.4. The van der Waals surface area contributed by atoms with Crippen molar-refractivity contribution < 1.29 is 4.74 Å². The van der Waals surface area contributed by atoms with Gasteiger partial charge >= 0.3 is 0 Å². The standard InChI is InChI=1S/C14H18N6O/c1-2-12(21-7-1)9-16-13-10-18-20-14(19-13)17-8-11-3-5-15-6-4-11/h3-6,10,12H,1-2,7-9H2,(H2,16,17,19,20). The molecule has 3 heterocycles. The van der Waals surface area contributed by atoms with E-state index < -0.39 is 0 Å². The molecule has 1 atom stereocenters. The van der Waals surface area contributed by atoms with Gasteiger partial charge in [-0.05, 0) is 30.5 Å². The molecule has 0 aliphatic carbocycles. The van der Waals surface area contributed by atoms with Gasteiger partial charge in [0.05, 0.1) is 12.3 Å². The monoisotopic (exact) mass is 286 g/mol. The van der Waals surface area contributed by atoms with Gasteiger partial charge in [-0.1, -0.05) is 0 Å². The van der Waals surface area contributed by atoms with Gasteiger partial charge in [0, 0.05) is 32.1 Å². The normalized spacial score (nSPS) is 17.6. The second-order valence-corrected chi connectivity index (χ2v) is 4.89. The third kappa shape index (κ3) is 4.09. The molecule has 3 rings (SSSR count). The van der Waals surface area contributed by atoms with Gasteiger partial charge in [0.1, 0.15) is 0 Å². The first-order valence-electron chi connectivity index (χ1n) is 7.08. The summed E-state index contributed by atoms with van der Waals surface area (Å²) in [5.41, 5.74) is 1.12. The second-order valence-electron chi connectivity index (χ2n) is 4.89. The number of hydrogen-bond acceptors (Lipinski definition) is 7. The van der Waals surface area contributed by atoms with E-state index in [0.717, 1.165) is 31.6 Å². The van der Waals surface area contributed by atoms with Gasteiger partial charge in [0.25, 0.3) is 0 Å². The summed E-state index contributed by atoms with van der Waals surface area (Å²) in [6.45, 7) is 2.25. The number of hydrogen-bond donors (Lipinski definition) is 2. The summed E-state index contributed by atoms with van der Waals surface area (Å²) in [7, 11) is 0. The number of ether oxygens (including phenoxy) is 1. The Hall–Kier alpha value is -2.28. The fourth-order valence-corrected chi connectivity index (χ4v) is 2.17. The second kappa shape index (κ2) is 6.94. The molecular formula is C14H18N6O. The molecule has 0 aromatic carbocycles. The van der Waals surface area contributed by atoms with E-state index in [9.17, 15) is 0 Å². The van der Waals surface area contributed by atoms with Crippen molar-refractivity contribution in [1.82, 2.24) is 20.2 Å². The zero-order chi connectivity index (χ0) is 14.3. The number of rotatable bonds is 6. The van der Waals surface area contributed by atoms with Crippen molar-refractivity contribution in [2.24, 2.45) is 0 Å². The van der Waals surface area contributed by atoms with Crippen LogP contribution < -0.4 is 10.6 Å². The summed E-state index contributed by atoms with van der Waals surface area (Å²) in [5, 5.41) is 14.3. The Morgan fingerprint density at radius 2 is 2.14 bits per heavy atom. The summed E-state index contributed by atoms with van der Waals surface area (Å²) < 4.78 is 5.56. The predicted octanol–water partition coefficient (Wildman–Crippen LogP) is 1.47. The Labute approximate surface area is 123 Å². The van der Waals surface area contributed by atoms with E-state index in [1.54, 1.807) is 18.6 Å². The van der Waals surface area contributed by atoms with E-state index in [2.05, 4.69) is 30.8 Å². The lowest BCUT2D eigenvalue weighted by molar-refractivity contribution is 0.120. The van der Waals surface area contributed by atoms with Crippen LogP contribution in [-0.4, -0.2) is 39.4 Å².